The number of aryl methyl sites for hydroxylation is 2. The zero-order valence-electron chi connectivity index (χ0n) is 11.0. The lowest BCUT2D eigenvalue weighted by molar-refractivity contribution is 0.523. The van der Waals surface area contributed by atoms with Crippen molar-refractivity contribution in [2.45, 2.75) is 19.3 Å². The van der Waals surface area contributed by atoms with Crippen LogP contribution >= 0.6 is 27.5 Å². The van der Waals surface area contributed by atoms with E-state index in [1.165, 1.54) is 5.56 Å². The molecule has 0 spiro atoms. The Morgan fingerprint density at radius 3 is 2.89 bits per heavy atom. The van der Waals surface area contributed by atoms with Gasteiger partial charge in [0.2, 0.25) is 0 Å². The van der Waals surface area contributed by atoms with E-state index in [1.54, 1.807) is 0 Å². The van der Waals surface area contributed by atoms with E-state index in [0.717, 1.165) is 29.6 Å². The predicted molar refractivity (Wildman–Crippen MR) is 83.6 cm³/mol. The van der Waals surface area contributed by atoms with Gasteiger partial charge in [-0.1, -0.05) is 28.1 Å². The average molecular weight is 342 g/mol. The van der Waals surface area contributed by atoms with E-state index in [1.807, 2.05) is 25.5 Å². The largest absolute Gasteiger partial charge is 0.338 e. The molecule has 1 unspecified atom stereocenters. The maximum absolute atomic E-state index is 6.10. The average Bonchev–Trinajstić information content (AvgIpc) is 2.80. The molecule has 1 aromatic heterocycles. The highest BCUT2D eigenvalue weighted by Crippen LogP contribution is 2.19. The van der Waals surface area contributed by atoms with Gasteiger partial charge in [-0.3, -0.25) is 0 Å². The Morgan fingerprint density at radius 1 is 1.42 bits per heavy atom. The monoisotopic (exact) mass is 340 g/mol. The fraction of sp³-hybridized carbons (Fsp3) is 0.400. The second kappa shape index (κ2) is 7.11. The molecule has 0 saturated carbocycles. The van der Waals surface area contributed by atoms with E-state index in [9.17, 15) is 0 Å². The quantitative estimate of drug-likeness (QED) is 0.720. The zero-order valence-corrected chi connectivity index (χ0v) is 13.4. The Hall–Kier alpha value is -0.800. The van der Waals surface area contributed by atoms with E-state index < -0.39 is 0 Å². The molecule has 1 aromatic carbocycles. The van der Waals surface area contributed by atoms with Gasteiger partial charge in [-0.2, -0.15) is 0 Å². The van der Waals surface area contributed by atoms with Crippen LogP contribution in [-0.4, -0.2) is 15.4 Å². The highest BCUT2D eigenvalue weighted by atomic mass is 79.9. The lowest BCUT2D eigenvalue weighted by Crippen LogP contribution is -2.10. The van der Waals surface area contributed by atoms with E-state index in [-0.39, 0.29) is 0 Å². The first-order valence-corrected chi connectivity index (χ1v) is 7.78. The van der Waals surface area contributed by atoms with Crippen LogP contribution in [0.1, 0.15) is 17.8 Å². The molecule has 0 aliphatic rings. The van der Waals surface area contributed by atoms with Crippen LogP contribution in [0.4, 0.5) is 0 Å². The fourth-order valence-corrected chi connectivity index (χ4v) is 2.91. The second-order valence-electron chi connectivity index (χ2n) is 4.85. The van der Waals surface area contributed by atoms with Gasteiger partial charge < -0.3 is 4.57 Å². The van der Waals surface area contributed by atoms with Crippen molar-refractivity contribution in [2.24, 2.45) is 13.0 Å². The van der Waals surface area contributed by atoms with Crippen molar-refractivity contribution in [3.05, 3.63) is 52.5 Å². The number of alkyl halides is 1. The smallest absolute Gasteiger partial charge is 0.108 e. The van der Waals surface area contributed by atoms with Gasteiger partial charge in [-0.15, -0.1) is 11.6 Å². The van der Waals surface area contributed by atoms with Crippen molar-refractivity contribution in [3.63, 3.8) is 0 Å². The first-order valence-electron chi connectivity index (χ1n) is 6.45. The summed E-state index contributed by atoms with van der Waals surface area (Å²) < 4.78 is 3.20. The standard InChI is InChI=1S/C15H18BrClN2/c1-19-8-7-18-15(19)6-5-13(11-17)9-12-3-2-4-14(16)10-12/h2-4,7-8,10,13H,5-6,9,11H2,1H3. The number of imidazole rings is 1. The Kier molecular flexibility index (Phi) is 5.46. The molecule has 19 heavy (non-hydrogen) atoms. The van der Waals surface area contributed by atoms with E-state index in [0.29, 0.717) is 11.8 Å². The minimum atomic E-state index is 0.493. The minimum absolute atomic E-state index is 0.493. The number of benzene rings is 1. The molecule has 0 aliphatic heterocycles. The summed E-state index contributed by atoms with van der Waals surface area (Å²) in [6, 6.07) is 8.45. The summed E-state index contributed by atoms with van der Waals surface area (Å²) in [5.74, 6) is 2.31. The van der Waals surface area contributed by atoms with Crippen LogP contribution in [0.3, 0.4) is 0 Å². The normalized spacial score (nSPS) is 12.6. The van der Waals surface area contributed by atoms with Crippen LogP contribution in [-0.2, 0) is 19.9 Å². The van der Waals surface area contributed by atoms with Crippen molar-refractivity contribution in [2.75, 3.05) is 5.88 Å². The first-order chi connectivity index (χ1) is 9.19. The molecule has 2 nitrogen and oxygen atoms in total. The predicted octanol–water partition coefficient (Wildman–Crippen LogP) is 4.21. The van der Waals surface area contributed by atoms with Gasteiger partial charge in [0.05, 0.1) is 0 Å². The van der Waals surface area contributed by atoms with Crippen LogP contribution in [0.25, 0.3) is 0 Å². The summed E-state index contributed by atoms with van der Waals surface area (Å²) in [5.41, 5.74) is 1.33. The van der Waals surface area contributed by atoms with Gasteiger partial charge in [0.25, 0.3) is 0 Å². The molecule has 0 fully saturated rings. The molecule has 2 rings (SSSR count). The molecule has 0 bridgehead atoms. The summed E-state index contributed by atoms with van der Waals surface area (Å²) in [6.07, 6.45) is 6.90. The molecular weight excluding hydrogens is 324 g/mol. The number of hydrogen-bond acceptors (Lipinski definition) is 1. The topological polar surface area (TPSA) is 17.8 Å². The van der Waals surface area contributed by atoms with Gasteiger partial charge in [0, 0.05) is 36.2 Å². The summed E-state index contributed by atoms with van der Waals surface area (Å²) in [5, 5.41) is 0. The lowest BCUT2D eigenvalue weighted by Gasteiger charge is -2.14. The van der Waals surface area contributed by atoms with Crippen molar-refractivity contribution in [1.29, 1.82) is 0 Å². The third kappa shape index (κ3) is 4.36. The highest BCUT2D eigenvalue weighted by molar-refractivity contribution is 9.10. The van der Waals surface area contributed by atoms with E-state index in [4.69, 9.17) is 11.6 Å². The third-order valence-electron chi connectivity index (χ3n) is 3.33. The van der Waals surface area contributed by atoms with Crippen LogP contribution in [0.15, 0.2) is 41.1 Å². The van der Waals surface area contributed by atoms with Gasteiger partial charge in [-0.25, -0.2) is 4.98 Å². The van der Waals surface area contributed by atoms with Gasteiger partial charge in [0.1, 0.15) is 5.82 Å². The summed E-state index contributed by atoms with van der Waals surface area (Å²) in [6.45, 7) is 0. The maximum Gasteiger partial charge on any atom is 0.108 e. The van der Waals surface area contributed by atoms with Crippen molar-refractivity contribution in [3.8, 4) is 0 Å². The van der Waals surface area contributed by atoms with E-state index >= 15 is 0 Å². The number of hydrogen-bond donors (Lipinski definition) is 0. The number of nitrogens with zero attached hydrogens (tertiary/aromatic N) is 2. The van der Waals surface area contributed by atoms with E-state index in [2.05, 4.69) is 43.7 Å². The highest BCUT2D eigenvalue weighted by Gasteiger charge is 2.10. The Labute approximate surface area is 127 Å². The minimum Gasteiger partial charge on any atom is -0.338 e. The molecule has 0 aliphatic carbocycles. The Morgan fingerprint density at radius 2 is 2.26 bits per heavy atom. The lowest BCUT2D eigenvalue weighted by atomic mass is 9.96. The van der Waals surface area contributed by atoms with Gasteiger partial charge in [0.15, 0.2) is 0 Å². The Bertz CT molecular complexity index is 524. The SMILES string of the molecule is Cn1ccnc1CCC(CCl)Cc1cccc(Br)c1. The van der Waals surface area contributed by atoms with Gasteiger partial charge >= 0.3 is 0 Å². The summed E-state index contributed by atoms with van der Waals surface area (Å²) >= 11 is 9.61. The molecule has 0 N–H and O–H groups in total. The zero-order chi connectivity index (χ0) is 13.7. The van der Waals surface area contributed by atoms with Crippen LogP contribution in [0.5, 0.6) is 0 Å². The second-order valence-corrected chi connectivity index (χ2v) is 6.07. The summed E-state index contributed by atoms with van der Waals surface area (Å²) in [4.78, 5) is 4.36. The Balaban J connectivity index is 1.92. The molecule has 0 saturated heterocycles. The molecule has 0 radical (unpaired) electrons. The van der Waals surface area contributed by atoms with Crippen molar-refractivity contribution in [1.82, 2.24) is 9.55 Å². The maximum atomic E-state index is 6.10. The molecular formula is C15H18BrClN2. The van der Waals surface area contributed by atoms with Gasteiger partial charge in [-0.05, 0) is 36.5 Å². The third-order valence-corrected chi connectivity index (χ3v) is 4.26. The van der Waals surface area contributed by atoms with Crippen LogP contribution < -0.4 is 0 Å². The number of halogens is 2. The summed E-state index contributed by atoms with van der Waals surface area (Å²) in [7, 11) is 2.03. The number of aromatic nitrogens is 2. The molecule has 0 amide bonds. The fourth-order valence-electron chi connectivity index (χ4n) is 2.20. The van der Waals surface area contributed by atoms with Crippen LogP contribution in [0, 0.1) is 5.92 Å². The molecule has 1 heterocycles. The van der Waals surface area contributed by atoms with Crippen LogP contribution in [0.2, 0.25) is 0 Å². The number of rotatable bonds is 6. The van der Waals surface area contributed by atoms with Crippen molar-refractivity contribution >= 4 is 27.5 Å². The molecule has 1 atom stereocenters. The van der Waals surface area contributed by atoms with Crippen molar-refractivity contribution < 1.29 is 0 Å². The first kappa shape index (κ1) is 14.6. The molecule has 4 heteroatoms. The molecule has 102 valence electrons. The molecule has 2 aromatic rings.